The number of pyridine rings is 1. The Labute approximate surface area is 124 Å². The summed E-state index contributed by atoms with van der Waals surface area (Å²) in [6, 6.07) is 3.52. The number of carbonyl (C=O) groups is 2. The summed E-state index contributed by atoms with van der Waals surface area (Å²) in [5.74, 6) is -0.324. The molecule has 0 aromatic carbocycles. The number of ether oxygens (including phenoxy) is 1. The predicted octanol–water partition coefficient (Wildman–Crippen LogP) is 0.471. The van der Waals surface area contributed by atoms with E-state index in [1.54, 1.807) is 37.4 Å². The third-order valence-electron chi connectivity index (χ3n) is 3.93. The van der Waals surface area contributed by atoms with Crippen LogP contribution in [0.1, 0.15) is 16.1 Å². The number of hydrogen-bond donors (Lipinski definition) is 1. The van der Waals surface area contributed by atoms with Gasteiger partial charge in [-0.15, -0.1) is 0 Å². The molecule has 0 aliphatic carbocycles. The van der Waals surface area contributed by atoms with Crippen LogP contribution in [0.15, 0.2) is 18.3 Å². The molecule has 0 unspecified atom stereocenters. The normalized spacial score (nSPS) is 21.4. The van der Waals surface area contributed by atoms with E-state index in [0.29, 0.717) is 31.0 Å². The predicted molar refractivity (Wildman–Crippen MR) is 77.8 cm³/mol. The van der Waals surface area contributed by atoms with E-state index in [1.807, 2.05) is 6.92 Å². The molecule has 6 nitrogen and oxygen atoms in total. The van der Waals surface area contributed by atoms with Crippen molar-refractivity contribution in [3.05, 3.63) is 29.6 Å². The fourth-order valence-electron chi connectivity index (χ4n) is 2.78. The zero-order valence-electron chi connectivity index (χ0n) is 12.6. The molecule has 2 atom stereocenters. The van der Waals surface area contributed by atoms with Crippen molar-refractivity contribution in [2.75, 3.05) is 33.9 Å². The number of hydrogen-bond acceptors (Lipinski definition) is 4. The Morgan fingerprint density at radius 3 is 2.86 bits per heavy atom. The zero-order valence-corrected chi connectivity index (χ0v) is 12.6. The molecule has 1 saturated heterocycles. The van der Waals surface area contributed by atoms with Crippen LogP contribution in [0, 0.1) is 18.8 Å². The number of nitrogens with zero attached hydrogens (tertiary/aromatic N) is 2. The molecule has 6 heteroatoms. The third kappa shape index (κ3) is 3.21. The van der Waals surface area contributed by atoms with Crippen LogP contribution in [-0.2, 0) is 9.53 Å². The van der Waals surface area contributed by atoms with Crippen LogP contribution in [0.3, 0.4) is 0 Å². The molecule has 0 saturated carbocycles. The first-order valence-electron chi connectivity index (χ1n) is 7.00. The fourth-order valence-corrected chi connectivity index (χ4v) is 2.78. The SMILES string of the molecule is CNC(=O)[C@@H]1CN(C(=O)c2cccnc2C)C[C@H]1COC. The highest BCUT2D eigenvalue weighted by atomic mass is 16.5. The van der Waals surface area contributed by atoms with Crippen LogP contribution >= 0.6 is 0 Å². The highest BCUT2D eigenvalue weighted by molar-refractivity contribution is 5.96. The largest absolute Gasteiger partial charge is 0.384 e. The van der Waals surface area contributed by atoms with Crippen LogP contribution < -0.4 is 5.32 Å². The summed E-state index contributed by atoms with van der Waals surface area (Å²) in [6.07, 6.45) is 1.66. The van der Waals surface area contributed by atoms with Crippen LogP contribution in [0.4, 0.5) is 0 Å². The molecule has 21 heavy (non-hydrogen) atoms. The van der Waals surface area contributed by atoms with Gasteiger partial charge in [-0.1, -0.05) is 0 Å². The van der Waals surface area contributed by atoms with Gasteiger partial charge in [0, 0.05) is 45.1 Å². The summed E-state index contributed by atoms with van der Waals surface area (Å²) < 4.78 is 5.18. The first-order chi connectivity index (χ1) is 10.1. The molecule has 2 amide bonds. The van der Waals surface area contributed by atoms with E-state index in [9.17, 15) is 9.59 Å². The van der Waals surface area contributed by atoms with Crippen LogP contribution in [0.25, 0.3) is 0 Å². The number of amides is 2. The number of rotatable bonds is 4. The Morgan fingerprint density at radius 1 is 1.48 bits per heavy atom. The second kappa shape index (κ2) is 6.67. The Morgan fingerprint density at radius 2 is 2.24 bits per heavy atom. The molecular weight excluding hydrogens is 270 g/mol. The van der Waals surface area contributed by atoms with Crippen molar-refractivity contribution in [1.82, 2.24) is 15.2 Å². The first-order valence-corrected chi connectivity index (χ1v) is 7.00. The summed E-state index contributed by atoms with van der Waals surface area (Å²) in [7, 11) is 3.22. The lowest BCUT2D eigenvalue weighted by Gasteiger charge is -2.17. The topological polar surface area (TPSA) is 71.5 Å². The van der Waals surface area contributed by atoms with Gasteiger partial charge in [-0.25, -0.2) is 0 Å². The van der Waals surface area contributed by atoms with Gasteiger partial charge in [0.15, 0.2) is 0 Å². The summed E-state index contributed by atoms with van der Waals surface area (Å²) in [5.41, 5.74) is 1.29. The lowest BCUT2D eigenvalue weighted by atomic mass is 9.96. The van der Waals surface area contributed by atoms with Crippen molar-refractivity contribution in [2.24, 2.45) is 11.8 Å². The average molecular weight is 291 g/mol. The molecular formula is C15H21N3O3. The van der Waals surface area contributed by atoms with Crippen molar-refractivity contribution < 1.29 is 14.3 Å². The molecule has 1 aromatic heterocycles. The lowest BCUT2D eigenvalue weighted by molar-refractivity contribution is -0.125. The second-order valence-corrected chi connectivity index (χ2v) is 5.28. The van der Waals surface area contributed by atoms with Crippen molar-refractivity contribution in [3.8, 4) is 0 Å². The molecule has 1 aromatic rings. The number of likely N-dealkylation sites (tertiary alicyclic amines) is 1. The minimum absolute atomic E-state index is 0.0240. The summed E-state index contributed by atoms with van der Waals surface area (Å²) in [5, 5.41) is 2.66. The van der Waals surface area contributed by atoms with E-state index in [0.717, 1.165) is 0 Å². The van der Waals surface area contributed by atoms with Crippen molar-refractivity contribution in [3.63, 3.8) is 0 Å². The van der Waals surface area contributed by atoms with Crippen molar-refractivity contribution >= 4 is 11.8 Å². The molecule has 1 fully saturated rings. The number of carbonyl (C=O) groups excluding carboxylic acids is 2. The number of aromatic nitrogens is 1. The van der Waals surface area contributed by atoms with E-state index < -0.39 is 0 Å². The molecule has 1 aliphatic heterocycles. The van der Waals surface area contributed by atoms with E-state index in [4.69, 9.17) is 4.74 Å². The van der Waals surface area contributed by atoms with Gasteiger partial charge in [0.05, 0.1) is 18.1 Å². The van der Waals surface area contributed by atoms with Crippen LogP contribution in [0.2, 0.25) is 0 Å². The van der Waals surface area contributed by atoms with Gasteiger partial charge in [-0.3, -0.25) is 14.6 Å². The molecule has 0 bridgehead atoms. The van der Waals surface area contributed by atoms with Gasteiger partial charge in [-0.05, 0) is 19.1 Å². The van der Waals surface area contributed by atoms with Crippen molar-refractivity contribution in [1.29, 1.82) is 0 Å². The minimum Gasteiger partial charge on any atom is -0.384 e. The average Bonchev–Trinajstić information content (AvgIpc) is 2.91. The van der Waals surface area contributed by atoms with Gasteiger partial charge in [-0.2, -0.15) is 0 Å². The Kier molecular flexibility index (Phi) is 4.90. The van der Waals surface area contributed by atoms with Gasteiger partial charge < -0.3 is 15.0 Å². The van der Waals surface area contributed by atoms with Gasteiger partial charge in [0.2, 0.25) is 5.91 Å². The highest BCUT2D eigenvalue weighted by Gasteiger charge is 2.39. The van der Waals surface area contributed by atoms with E-state index >= 15 is 0 Å². The Hall–Kier alpha value is -1.95. The van der Waals surface area contributed by atoms with Crippen LogP contribution in [-0.4, -0.2) is 55.6 Å². The zero-order chi connectivity index (χ0) is 15.4. The van der Waals surface area contributed by atoms with E-state index in [2.05, 4.69) is 10.3 Å². The number of nitrogens with one attached hydrogen (secondary N) is 1. The maximum atomic E-state index is 12.6. The Bertz CT molecular complexity index is 533. The fraction of sp³-hybridized carbons (Fsp3) is 0.533. The summed E-state index contributed by atoms with van der Waals surface area (Å²) in [6.45, 7) is 3.22. The monoisotopic (exact) mass is 291 g/mol. The number of methoxy groups -OCH3 is 1. The number of aryl methyl sites for hydroxylation is 1. The van der Waals surface area contributed by atoms with Gasteiger partial charge in [0.1, 0.15) is 0 Å². The Balaban J connectivity index is 2.16. The minimum atomic E-state index is -0.226. The van der Waals surface area contributed by atoms with Gasteiger partial charge >= 0.3 is 0 Å². The van der Waals surface area contributed by atoms with Crippen LogP contribution in [0.5, 0.6) is 0 Å². The van der Waals surface area contributed by atoms with Gasteiger partial charge in [0.25, 0.3) is 5.91 Å². The molecule has 0 radical (unpaired) electrons. The van der Waals surface area contributed by atoms with E-state index in [1.165, 1.54) is 0 Å². The lowest BCUT2D eigenvalue weighted by Crippen LogP contribution is -2.34. The first kappa shape index (κ1) is 15.4. The maximum Gasteiger partial charge on any atom is 0.255 e. The van der Waals surface area contributed by atoms with Crippen molar-refractivity contribution in [2.45, 2.75) is 6.92 Å². The molecule has 1 N–H and O–H groups in total. The summed E-state index contributed by atoms with van der Waals surface area (Å²) in [4.78, 5) is 30.4. The maximum absolute atomic E-state index is 12.6. The molecule has 2 heterocycles. The molecule has 0 spiro atoms. The quantitative estimate of drug-likeness (QED) is 0.875. The second-order valence-electron chi connectivity index (χ2n) is 5.28. The molecule has 114 valence electrons. The molecule has 1 aliphatic rings. The van der Waals surface area contributed by atoms with E-state index in [-0.39, 0.29) is 23.7 Å². The smallest absolute Gasteiger partial charge is 0.255 e. The summed E-state index contributed by atoms with van der Waals surface area (Å²) >= 11 is 0. The molecule has 2 rings (SSSR count). The standard InChI is InChI=1S/C15H21N3O3/c1-10-12(5-4-6-17-10)15(20)18-7-11(9-21-3)13(8-18)14(19)16-2/h4-6,11,13H,7-9H2,1-3H3,(H,16,19)/t11-,13+/m0/s1. The third-order valence-corrected chi connectivity index (χ3v) is 3.93. The highest BCUT2D eigenvalue weighted by Crippen LogP contribution is 2.26.